The number of nitrogens with zero attached hydrogens (tertiary/aromatic N) is 5. The Kier molecular flexibility index (Phi) is 6.14. The molecular weight excluding hydrogens is 560 g/mol. The number of para-hydroxylation sites is 1. The largest absolute Gasteiger partial charge is 0.508 e. The van der Waals surface area contributed by atoms with E-state index in [-0.39, 0.29) is 11.3 Å². The van der Waals surface area contributed by atoms with Crippen molar-refractivity contribution in [3.63, 3.8) is 0 Å². The number of rotatable bonds is 5. The van der Waals surface area contributed by atoms with Gasteiger partial charge in [-0.1, -0.05) is 36.3 Å². The van der Waals surface area contributed by atoms with E-state index < -0.39 is 0 Å². The van der Waals surface area contributed by atoms with Gasteiger partial charge in [0, 0.05) is 78.6 Å². The smallest absolute Gasteiger partial charge is 0.318 e. The number of benzene rings is 3. The van der Waals surface area contributed by atoms with Crippen molar-refractivity contribution in [3.05, 3.63) is 77.0 Å². The second kappa shape index (κ2) is 10.3. The highest BCUT2D eigenvalue weighted by Crippen LogP contribution is 2.46. The van der Waals surface area contributed by atoms with Crippen LogP contribution in [0, 0.1) is 12.3 Å². The van der Waals surface area contributed by atoms with Crippen molar-refractivity contribution in [2.75, 3.05) is 47.5 Å². The molecule has 4 aromatic rings. The molecule has 1 aromatic heterocycles. The number of phenolic OH excluding ortho intramolecular Hbond substituents is 1. The molecule has 2 bridgehead atoms. The molecule has 5 aliphatic heterocycles. The van der Waals surface area contributed by atoms with Crippen LogP contribution in [0.4, 0.5) is 17.2 Å². The van der Waals surface area contributed by atoms with E-state index in [2.05, 4.69) is 50.2 Å². The maximum absolute atomic E-state index is 10.7. The predicted molar refractivity (Wildman–Crippen MR) is 177 cm³/mol. The van der Waals surface area contributed by atoms with Gasteiger partial charge in [0.25, 0.3) is 0 Å². The molecule has 0 aliphatic carbocycles. The summed E-state index contributed by atoms with van der Waals surface area (Å²) in [7, 11) is 0. The molecule has 45 heavy (non-hydrogen) atoms. The van der Waals surface area contributed by atoms with Gasteiger partial charge in [-0.25, -0.2) is 0 Å². The van der Waals surface area contributed by atoms with Gasteiger partial charge in [-0.15, -0.1) is 6.42 Å². The molecule has 3 aromatic carbocycles. The number of piperazine rings is 1. The van der Waals surface area contributed by atoms with E-state index in [0.717, 1.165) is 79.0 Å². The highest BCUT2D eigenvalue weighted by atomic mass is 16.5. The van der Waals surface area contributed by atoms with Gasteiger partial charge in [-0.2, -0.15) is 9.97 Å². The van der Waals surface area contributed by atoms with Crippen LogP contribution in [0.1, 0.15) is 48.1 Å². The molecule has 3 unspecified atom stereocenters. The zero-order valence-corrected chi connectivity index (χ0v) is 25.5. The van der Waals surface area contributed by atoms with Crippen molar-refractivity contribution in [1.29, 1.82) is 0 Å². The van der Waals surface area contributed by atoms with Crippen molar-refractivity contribution in [1.82, 2.24) is 15.3 Å². The Labute approximate surface area is 264 Å². The summed E-state index contributed by atoms with van der Waals surface area (Å²) in [5.41, 5.74) is 6.70. The number of hydrogen-bond donors (Lipinski definition) is 2. The minimum absolute atomic E-state index is 0.0462. The summed E-state index contributed by atoms with van der Waals surface area (Å²) in [6.07, 6.45) is 12.5. The Bertz CT molecular complexity index is 1860. The van der Waals surface area contributed by atoms with Crippen LogP contribution in [0.3, 0.4) is 0 Å². The summed E-state index contributed by atoms with van der Waals surface area (Å²) in [4.78, 5) is 17.6. The summed E-state index contributed by atoms with van der Waals surface area (Å²) in [6.45, 7) is 4.93. The standard InChI is InChI=1S/C37H38N6O2/c1-2-24-8-5-9-25-17-29(44)18-33(34(24)25)41-16-13-30-31(22-41)39-36(40-35(30)42-20-27-11-12-28(21-42)38-27)45-23-37-14-6-15-43(37)32-10-4-3-7-26(32)19-37/h1,3-5,7-10,17-18,27-28,38,44H,6,11-16,19-23H2. The fraction of sp³-hybridized carbons (Fsp3) is 0.405. The molecule has 0 saturated carbocycles. The number of aromatic nitrogens is 2. The van der Waals surface area contributed by atoms with Gasteiger partial charge in [0.15, 0.2) is 0 Å². The van der Waals surface area contributed by atoms with Crippen LogP contribution < -0.4 is 24.8 Å². The van der Waals surface area contributed by atoms with Gasteiger partial charge < -0.3 is 29.9 Å². The fourth-order valence-corrected chi connectivity index (χ4v) is 8.83. The van der Waals surface area contributed by atoms with Gasteiger partial charge in [0.2, 0.25) is 0 Å². The number of aromatic hydroxyl groups is 1. The zero-order valence-electron chi connectivity index (χ0n) is 25.5. The van der Waals surface area contributed by atoms with Crippen molar-refractivity contribution in [2.24, 2.45) is 0 Å². The van der Waals surface area contributed by atoms with Gasteiger partial charge in [-0.3, -0.25) is 0 Å². The first-order valence-corrected chi connectivity index (χ1v) is 16.4. The van der Waals surface area contributed by atoms with E-state index in [1.165, 1.54) is 36.1 Å². The van der Waals surface area contributed by atoms with E-state index in [0.29, 0.717) is 31.2 Å². The van der Waals surface area contributed by atoms with Gasteiger partial charge in [-0.05, 0) is 61.3 Å². The topological polar surface area (TPSA) is 77.0 Å². The summed E-state index contributed by atoms with van der Waals surface area (Å²) in [6, 6.07) is 19.8. The normalized spacial score (nSPS) is 24.8. The van der Waals surface area contributed by atoms with Crippen LogP contribution in [0.5, 0.6) is 11.8 Å². The van der Waals surface area contributed by atoms with Crippen molar-refractivity contribution < 1.29 is 9.84 Å². The molecule has 3 atom stereocenters. The van der Waals surface area contributed by atoms with Crippen LogP contribution in [0.25, 0.3) is 10.8 Å². The lowest BCUT2D eigenvalue weighted by molar-refractivity contribution is 0.208. The highest BCUT2D eigenvalue weighted by Gasteiger charge is 2.47. The molecule has 0 radical (unpaired) electrons. The number of hydrogen-bond acceptors (Lipinski definition) is 8. The fourth-order valence-electron chi connectivity index (χ4n) is 8.83. The van der Waals surface area contributed by atoms with E-state index in [1.54, 1.807) is 6.07 Å². The summed E-state index contributed by atoms with van der Waals surface area (Å²) in [5.74, 6) is 4.13. The van der Waals surface area contributed by atoms with Crippen molar-refractivity contribution in [2.45, 2.75) is 62.7 Å². The van der Waals surface area contributed by atoms with Crippen LogP contribution in [0.2, 0.25) is 0 Å². The Morgan fingerprint density at radius 3 is 2.73 bits per heavy atom. The van der Waals surface area contributed by atoms with Crippen molar-refractivity contribution >= 4 is 28.0 Å². The summed E-state index contributed by atoms with van der Waals surface area (Å²) in [5, 5.41) is 16.4. The Morgan fingerprint density at radius 1 is 1.00 bits per heavy atom. The molecule has 6 heterocycles. The molecule has 5 aliphatic rings. The average molecular weight is 599 g/mol. The van der Waals surface area contributed by atoms with E-state index in [9.17, 15) is 5.11 Å². The Hall–Kier alpha value is -4.48. The SMILES string of the molecule is C#Cc1cccc2cc(O)cc(N3CCc4c(nc(OCC56CCCN5c5ccccc5C6)nc4N4CC5CCC(C4)N5)C3)c12. The summed E-state index contributed by atoms with van der Waals surface area (Å²) >= 11 is 0. The van der Waals surface area contributed by atoms with Crippen LogP contribution in [0.15, 0.2) is 54.6 Å². The average Bonchev–Trinajstić information content (AvgIpc) is 3.72. The predicted octanol–water partition coefficient (Wildman–Crippen LogP) is 4.79. The molecule has 0 spiro atoms. The number of terminal acetylenes is 1. The maximum atomic E-state index is 10.7. The lowest BCUT2D eigenvalue weighted by atomic mass is 9.93. The van der Waals surface area contributed by atoms with E-state index in [1.807, 2.05) is 24.3 Å². The first-order chi connectivity index (χ1) is 22.1. The number of phenols is 1. The maximum Gasteiger partial charge on any atom is 0.318 e. The lowest BCUT2D eigenvalue weighted by Gasteiger charge is -2.38. The number of fused-ring (bicyclic) bond motifs is 7. The van der Waals surface area contributed by atoms with E-state index >= 15 is 0 Å². The minimum Gasteiger partial charge on any atom is -0.508 e. The molecule has 2 N–H and O–H groups in total. The number of nitrogens with one attached hydrogen (secondary N) is 1. The molecule has 3 fully saturated rings. The third-order valence-corrected chi connectivity index (χ3v) is 10.8. The minimum atomic E-state index is -0.0462. The second-order valence-electron chi connectivity index (χ2n) is 13.6. The lowest BCUT2D eigenvalue weighted by Crippen LogP contribution is -2.52. The van der Waals surface area contributed by atoms with Crippen LogP contribution in [-0.4, -0.2) is 65.5 Å². The van der Waals surface area contributed by atoms with Gasteiger partial charge in [0.1, 0.15) is 18.2 Å². The quantitative estimate of drug-likeness (QED) is 0.318. The molecular formula is C37H38N6O2. The Balaban J connectivity index is 1.08. The third kappa shape index (κ3) is 4.39. The van der Waals surface area contributed by atoms with Crippen LogP contribution in [-0.2, 0) is 19.4 Å². The molecule has 9 rings (SSSR count). The summed E-state index contributed by atoms with van der Waals surface area (Å²) < 4.78 is 6.67. The number of ether oxygens (including phenoxy) is 1. The second-order valence-corrected chi connectivity index (χ2v) is 13.6. The highest BCUT2D eigenvalue weighted by molar-refractivity contribution is 6.00. The zero-order chi connectivity index (χ0) is 30.1. The molecule has 8 heteroatoms. The molecule has 8 nitrogen and oxygen atoms in total. The third-order valence-electron chi connectivity index (χ3n) is 10.8. The molecule has 228 valence electrons. The first-order valence-electron chi connectivity index (χ1n) is 16.4. The number of anilines is 3. The van der Waals surface area contributed by atoms with Crippen molar-refractivity contribution in [3.8, 4) is 24.1 Å². The van der Waals surface area contributed by atoms with E-state index in [4.69, 9.17) is 21.1 Å². The van der Waals surface area contributed by atoms with Gasteiger partial charge in [0.05, 0.1) is 17.8 Å². The molecule has 0 amide bonds. The molecule has 3 saturated heterocycles. The monoisotopic (exact) mass is 598 g/mol. The van der Waals surface area contributed by atoms with Gasteiger partial charge >= 0.3 is 6.01 Å². The Morgan fingerprint density at radius 2 is 1.87 bits per heavy atom. The first kappa shape index (κ1) is 26.9. The van der Waals surface area contributed by atoms with Crippen LogP contribution >= 0.6 is 0 Å².